The summed E-state index contributed by atoms with van der Waals surface area (Å²) in [6.45, 7) is 6.52. The van der Waals surface area contributed by atoms with Crippen LogP contribution in [-0.2, 0) is 28.6 Å². The maximum absolute atomic E-state index is 12.9. The van der Waals surface area contributed by atoms with Gasteiger partial charge in [-0.15, -0.1) is 0 Å². The lowest BCUT2D eigenvalue weighted by Crippen LogP contribution is -2.30. The first-order valence-corrected chi connectivity index (χ1v) is 35.0. The number of esters is 3. The van der Waals surface area contributed by atoms with Crippen molar-refractivity contribution < 1.29 is 28.6 Å². The fourth-order valence-electron chi connectivity index (χ4n) is 9.68. The van der Waals surface area contributed by atoms with Crippen LogP contribution in [0.3, 0.4) is 0 Å². The van der Waals surface area contributed by atoms with Crippen molar-refractivity contribution in [1.29, 1.82) is 0 Å². The summed E-state index contributed by atoms with van der Waals surface area (Å²) in [7, 11) is 0. The molecule has 0 rings (SSSR count). The number of carbonyl (C=O) groups excluding carboxylic acids is 3. The van der Waals surface area contributed by atoms with E-state index in [2.05, 4.69) is 142 Å². The number of rotatable bonds is 63. The van der Waals surface area contributed by atoms with Crippen LogP contribution in [0, 0.1) is 0 Å². The molecule has 0 aliphatic rings. The molecule has 0 radical (unpaired) electrons. The van der Waals surface area contributed by atoms with Gasteiger partial charge in [-0.3, -0.25) is 14.4 Å². The first-order valence-electron chi connectivity index (χ1n) is 35.0. The number of hydrogen-bond acceptors (Lipinski definition) is 6. The second-order valence-electron chi connectivity index (χ2n) is 23.1. The van der Waals surface area contributed by atoms with Crippen molar-refractivity contribution >= 4 is 17.9 Å². The van der Waals surface area contributed by atoms with Gasteiger partial charge in [0, 0.05) is 19.3 Å². The molecule has 0 spiro atoms. The average Bonchev–Trinajstić information content (AvgIpc) is 3.49. The molecule has 0 aliphatic heterocycles. The molecule has 474 valence electrons. The fraction of sp³-hybridized carbons (Fsp3) is 0.701. The predicted molar refractivity (Wildman–Crippen MR) is 362 cm³/mol. The van der Waals surface area contributed by atoms with E-state index in [-0.39, 0.29) is 31.1 Å². The van der Waals surface area contributed by atoms with Crippen molar-refractivity contribution in [3.05, 3.63) is 122 Å². The zero-order valence-electron chi connectivity index (χ0n) is 54.4. The van der Waals surface area contributed by atoms with Gasteiger partial charge in [0.15, 0.2) is 6.10 Å². The van der Waals surface area contributed by atoms with Gasteiger partial charge >= 0.3 is 17.9 Å². The minimum atomic E-state index is -0.790. The van der Waals surface area contributed by atoms with Gasteiger partial charge in [-0.25, -0.2) is 0 Å². The number of carbonyl (C=O) groups is 3. The van der Waals surface area contributed by atoms with Crippen molar-refractivity contribution in [1.82, 2.24) is 0 Å². The molecular formula is C77H130O6. The van der Waals surface area contributed by atoms with Crippen LogP contribution in [0.1, 0.15) is 329 Å². The predicted octanol–water partition coefficient (Wildman–Crippen LogP) is 24.3. The molecule has 0 aromatic rings. The van der Waals surface area contributed by atoms with E-state index in [4.69, 9.17) is 14.2 Å². The normalized spacial score (nSPS) is 12.9. The molecule has 0 heterocycles. The zero-order chi connectivity index (χ0) is 59.9. The SMILES string of the molecule is CC/C=C\C/C=C\C/C=C\C/C=C\C/C=C\C/C=C\C/C=C\C/C=C\CCCCCCCCCCCCC(=O)OCC(COC(=O)CCCCCCC/C=C\CCCCCCCC)OC(=O)CCCCCCC/C=C\CCCCCCCC. The summed E-state index contributed by atoms with van der Waals surface area (Å²) >= 11 is 0. The Kier molecular flexibility index (Phi) is 66.7. The van der Waals surface area contributed by atoms with E-state index in [1.807, 2.05) is 0 Å². The summed E-state index contributed by atoms with van der Waals surface area (Å²) in [5, 5.41) is 0. The molecule has 0 saturated carbocycles. The van der Waals surface area contributed by atoms with E-state index in [1.165, 1.54) is 161 Å². The standard InChI is InChI=1S/C77H130O6/c1-4-7-10-13-16-19-22-25-28-29-30-31-32-33-34-35-36-37-38-39-40-41-42-43-44-45-46-47-50-52-55-58-61-64-67-70-76(79)82-73-74(83-77(80)71-68-65-62-59-56-53-49-27-24-21-18-15-12-9-6-3)72-81-75(78)69-66-63-60-57-54-51-48-26-23-20-17-14-11-8-5-2/h7,10,16,19,25-28,30-31,33-34,36-37,39-40,42-43,48-49,74H,4-6,8-9,11-15,17-18,20-24,29,32,35,38,41,44-47,50-73H2,1-3H3/b10-7-,19-16-,28-25-,31-30-,34-33-,37-36-,40-39-,43-42-,48-26-,49-27-. The Morgan fingerprint density at radius 2 is 0.470 bits per heavy atom. The minimum Gasteiger partial charge on any atom is -0.462 e. The molecule has 1 atom stereocenters. The highest BCUT2D eigenvalue weighted by Crippen LogP contribution is 2.16. The second-order valence-corrected chi connectivity index (χ2v) is 23.1. The van der Waals surface area contributed by atoms with Crippen molar-refractivity contribution in [2.75, 3.05) is 13.2 Å². The summed E-state index contributed by atoms with van der Waals surface area (Å²) < 4.78 is 16.9. The largest absolute Gasteiger partial charge is 0.462 e. The average molecular weight is 1150 g/mol. The van der Waals surface area contributed by atoms with E-state index < -0.39 is 6.10 Å². The quantitative estimate of drug-likeness (QED) is 0.0261. The summed E-state index contributed by atoms with van der Waals surface area (Å²) in [5.41, 5.74) is 0. The molecule has 0 bridgehead atoms. The summed E-state index contributed by atoms with van der Waals surface area (Å²) in [4.78, 5) is 38.4. The van der Waals surface area contributed by atoms with Crippen molar-refractivity contribution in [2.24, 2.45) is 0 Å². The van der Waals surface area contributed by atoms with Gasteiger partial charge in [0.2, 0.25) is 0 Å². The monoisotopic (exact) mass is 1150 g/mol. The van der Waals surface area contributed by atoms with Gasteiger partial charge in [-0.05, 0) is 135 Å². The molecule has 0 N–H and O–H groups in total. The van der Waals surface area contributed by atoms with Crippen LogP contribution < -0.4 is 0 Å². The molecule has 0 aromatic heterocycles. The Hall–Kier alpha value is -4.19. The molecular weight excluding hydrogens is 1020 g/mol. The van der Waals surface area contributed by atoms with Crippen molar-refractivity contribution in [3.63, 3.8) is 0 Å². The van der Waals surface area contributed by atoms with Gasteiger partial charge in [0.05, 0.1) is 0 Å². The third kappa shape index (κ3) is 68.5. The summed E-state index contributed by atoms with van der Waals surface area (Å²) in [6.07, 6.45) is 97.9. The summed E-state index contributed by atoms with van der Waals surface area (Å²) in [6, 6.07) is 0. The molecule has 6 nitrogen and oxygen atoms in total. The van der Waals surface area contributed by atoms with E-state index in [1.54, 1.807) is 0 Å². The third-order valence-corrected chi connectivity index (χ3v) is 14.9. The number of ether oxygens (including phenoxy) is 3. The number of hydrogen-bond donors (Lipinski definition) is 0. The Morgan fingerprint density at radius 3 is 0.747 bits per heavy atom. The van der Waals surface area contributed by atoms with Crippen LogP contribution >= 0.6 is 0 Å². The minimum absolute atomic E-state index is 0.0857. The van der Waals surface area contributed by atoms with E-state index in [0.29, 0.717) is 19.3 Å². The van der Waals surface area contributed by atoms with Crippen LogP contribution in [0.2, 0.25) is 0 Å². The molecule has 1 unspecified atom stereocenters. The van der Waals surface area contributed by atoms with Crippen LogP contribution in [-0.4, -0.2) is 37.2 Å². The van der Waals surface area contributed by atoms with E-state index >= 15 is 0 Å². The molecule has 6 heteroatoms. The van der Waals surface area contributed by atoms with Gasteiger partial charge in [0.25, 0.3) is 0 Å². The Morgan fingerprint density at radius 1 is 0.253 bits per heavy atom. The van der Waals surface area contributed by atoms with Crippen LogP contribution in [0.4, 0.5) is 0 Å². The number of unbranched alkanes of at least 4 members (excludes halogenated alkanes) is 32. The van der Waals surface area contributed by atoms with Gasteiger partial charge in [-0.2, -0.15) is 0 Å². The first-order chi connectivity index (χ1) is 41.0. The van der Waals surface area contributed by atoms with E-state index in [9.17, 15) is 14.4 Å². The Balaban J connectivity index is 4.25. The maximum atomic E-state index is 12.9. The second kappa shape index (κ2) is 70.3. The molecule has 0 saturated heterocycles. The first kappa shape index (κ1) is 78.8. The van der Waals surface area contributed by atoms with Gasteiger partial charge in [0.1, 0.15) is 13.2 Å². The van der Waals surface area contributed by atoms with Crippen molar-refractivity contribution in [2.45, 2.75) is 335 Å². The Labute approximate surface area is 513 Å². The fourth-order valence-corrected chi connectivity index (χ4v) is 9.68. The lowest BCUT2D eigenvalue weighted by Gasteiger charge is -2.18. The maximum Gasteiger partial charge on any atom is 0.306 e. The topological polar surface area (TPSA) is 78.9 Å². The molecule has 0 fully saturated rings. The lowest BCUT2D eigenvalue weighted by molar-refractivity contribution is -0.167. The van der Waals surface area contributed by atoms with Crippen molar-refractivity contribution in [3.8, 4) is 0 Å². The lowest BCUT2D eigenvalue weighted by atomic mass is 10.1. The van der Waals surface area contributed by atoms with Crippen LogP contribution in [0.5, 0.6) is 0 Å². The molecule has 0 aliphatic carbocycles. The molecule has 0 amide bonds. The molecule has 0 aromatic carbocycles. The van der Waals surface area contributed by atoms with Crippen LogP contribution in [0.25, 0.3) is 0 Å². The zero-order valence-corrected chi connectivity index (χ0v) is 54.4. The van der Waals surface area contributed by atoms with Crippen LogP contribution in [0.15, 0.2) is 122 Å². The van der Waals surface area contributed by atoms with Gasteiger partial charge in [-0.1, -0.05) is 296 Å². The molecule has 83 heavy (non-hydrogen) atoms. The number of allylic oxidation sites excluding steroid dienone is 20. The summed E-state index contributed by atoms with van der Waals surface area (Å²) in [5.74, 6) is -0.896. The third-order valence-electron chi connectivity index (χ3n) is 14.9. The highest BCUT2D eigenvalue weighted by atomic mass is 16.6. The highest BCUT2D eigenvalue weighted by molar-refractivity contribution is 5.71. The van der Waals surface area contributed by atoms with E-state index in [0.717, 1.165) is 128 Å². The Bertz CT molecular complexity index is 1700. The smallest absolute Gasteiger partial charge is 0.306 e. The van der Waals surface area contributed by atoms with Gasteiger partial charge < -0.3 is 14.2 Å². The highest BCUT2D eigenvalue weighted by Gasteiger charge is 2.19.